The van der Waals surface area contributed by atoms with Crippen LogP contribution in [0.4, 0.5) is 11.4 Å². The Bertz CT molecular complexity index is 895. The van der Waals surface area contributed by atoms with E-state index in [0.717, 1.165) is 0 Å². The Morgan fingerprint density at radius 1 is 0.931 bits per heavy atom. The number of nitrogens with one attached hydrogen (secondary N) is 3. The van der Waals surface area contributed by atoms with Crippen molar-refractivity contribution in [2.75, 3.05) is 30.9 Å². The number of carbonyl (C=O) groups is 4. The molecule has 3 N–H and O–H groups in total. The average molecular weight is 399 g/mol. The minimum Gasteiger partial charge on any atom is -0.497 e. The van der Waals surface area contributed by atoms with Crippen LogP contribution in [-0.2, 0) is 19.1 Å². The molecule has 0 atom stereocenters. The monoisotopic (exact) mass is 399 g/mol. The second kappa shape index (κ2) is 10.5. The third-order valence-corrected chi connectivity index (χ3v) is 3.58. The van der Waals surface area contributed by atoms with E-state index in [4.69, 9.17) is 9.47 Å². The van der Waals surface area contributed by atoms with E-state index in [2.05, 4.69) is 16.0 Å². The molecule has 0 bridgehead atoms. The molecule has 2 aromatic carbocycles. The molecule has 0 spiro atoms. The zero-order valence-electron chi connectivity index (χ0n) is 16.0. The normalized spacial score (nSPS) is 9.86. The molecule has 0 radical (unpaired) electrons. The van der Waals surface area contributed by atoms with Crippen LogP contribution in [0.1, 0.15) is 17.3 Å². The van der Waals surface area contributed by atoms with Crippen LogP contribution in [0.15, 0.2) is 48.5 Å². The second-order valence-corrected chi connectivity index (χ2v) is 5.88. The van der Waals surface area contributed by atoms with E-state index in [1.807, 2.05) is 0 Å². The minimum absolute atomic E-state index is 0.237. The third-order valence-electron chi connectivity index (χ3n) is 3.58. The fraction of sp³-hybridized carbons (Fsp3) is 0.200. The number of benzene rings is 2. The maximum atomic E-state index is 12.0. The Morgan fingerprint density at radius 2 is 1.59 bits per heavy atom. The van der Waals surface area contributed by atoms with Gasteiger partial charge in [0.1, 0.15) is 12.3 Å². The lowest BCUT2D eigenvalue weighted by Gasteiger charge is -2.09. The molecule has 0 aliphatic carbocycles. The molecule has 2 aromatic rings. The molecule has 0 aliphatic heterocycles. The molecule has 9 heteroatoms. The van der Waals surface area contributed by atoms with Gasteiger partial charge in [-0.2, -0.15) is 0 Å². The molecule has 2 rings (SSSR count). The fourth-order valence-electron chi connectivity index (χ4n) is 2.27. The topological polar surface area (TPSA) is 123 Å². The molecule has 0 heterocycles. The van der Waals surface area contributed by atoms with Gasteiger partial charge in [0.15, 0.2) is 6.61 Å². The lowest BCUT2D eigenvalue weighted by Crippen LogP contribution is -2.32. The molecule has 0 fully saturated rings. The highest BCUT2D eigenvalue weighted by atomic mass is 16.5. The lowest BCUT2D eigenvalue weighted by atomic mass is 10.2. The smallest absolute Gasteiger partial charge is 0.325 e. The predicted octanol–water partition coefficient (Wildman–Crippen LogP) is 1.57. The van der Waals surface area contributed by atoms with Gasteiger partial charge in [-0.15, -0.1) is 0 Å². The number of esters is 1. The van der Waals surface area contributed by atoms with Crippen molar-refractivity contribution in [3.63, 3.8) is 0 Å². The van der Waals surface area contributed by atoms with Gasteiger partial charge in [-0.25, -0.2) is 0 Å². The molecule has 0 aromatic heterocycles. The zero-order valence-corrected chi connectivity index (χ0v) is 16.0. The van der Waals surface area contributed by atoms with Crippen LogP contribution in [0, 0.1) is 0 Å². The average Bonchev–Trinajstić information content (AvgIpc) is 2.70. The Hall–Kier alpha value is -3.88. The zero-order chi connectivity index (χ0) is 21.2. The number of carbonyl (C=O) groups excluding carboxylic acids is 4. The van der Waals surface area contributed by atoms with Crippen molar-refractivity contribution in [2.24, 2.45) is 0 Å². The van der Waals surface area contributed by atoms with Gasteiger partial charge in [0, 0.05) is 23.9 Å². The largest absolute Gasteiger partial charge is 0.497 e. The summed E-state index contributed by atoms with van der Waals surface area (Å²) in [4.78, 5) is 46.7. The maximum Gasteiger partial charge on any atom is 0.325 e. The lowest BCUT2D eigenvalue weighted by molar-refractivity contribution is -0.146. The highest BCUT2D eigenvalue weighted by Gasteiger charge is 2.11. The van der Waals surface area contributed by atoms with Crippen LogP contribution in [0.3, 0.4) is 0 Å². The van der Waals surface area contributed by atoms with Crippen LogP contribution >= 0.6 is 0 Å². The summed E-state index contributed by atoms with van der Waals surface area (Å²) in [6.45, 7) is 0.482. The number of hydrogen-bond donors (Lipinski definition) is 3. The third kappa shape index (κ3) is 7.33. The Balaban J connectivity index is 1.74. The number of anilines is 2. The highest BCUT2D eigenvalue weighted by Crippen LogP contribution is 2.15. The summed E-state index contributed by atoms with van der Waals surface area (Å²) >= 11 is 0. The first kappa shape index (κ1) is 21.4. The van der Waals surface area contributed by atoms with Gasteiger partial charge in [0.2, 0.25) is 5.91 Å². The van der Waals surface area contributed by atoms with Crippen molar-refractivity contribution < 1.29 is 28.7 Å². The number of ether oxygens (including phenoxy) is 2. The maximum absolute atomic E-state index is 12.0. The molecule has 0 saturated carbocycles. The summed E-state index contributed by atoms with van der Waals surface area (Å²) < 4.78 is 9.84. The molecular formula is C20H21N3O6. The van der Waals surface area contributed by atoms with Crippen LogP contribution in [0.25, 0.3) is 0 Å². The summed E-state index contributed by atoms with van der Waals surface area (Å²) in [6.07, 6.45) is 0. The van der Waals surface area contributed by atoms with E-state index >= 15 is 0 Å². The summed E-state index contributed by atoms with van der Waals surface area (Å²) in [5.74, 6) is -1.40. The predicted molar refractivity (Wildman–Crippen MR) is 106 cm³/mol. The van der Waals surface area contributed by atoms with Gasteiger partial charge in [-0.05, 0) is 42.5 Å². The molecular weight excluding hydrogens is 378 g/mol. The Morgan fingerprint density at radius 3 is 2.21 bits per heavy atom. The van der Waals surface area contributed by atoms with Crippen LogP contribution in [-0.4, -0.2) is 44.0 Å². The number of hydrogen-bond acceptors (Lipinski definition) is 6. The molecule has 0 aliphatic rings. The van der Waals surface area contributed by atoms with Crippen molar-refractivity contribution in [2.45, 2.75) is 6.92 Å². The summed E-state index contributed by atoms with van der Waals surface area (Å²) in [5, 5.41) is 7.55. The van der Waals surface area contributed by atoms with E-state index < -0.39 is 24.4 Å². The van der Waals surface area contributed by atoms with Gasteiger partial charge in [-0.1, -0.05) is 6.07 Å². The van der Waals surface area contributed by atoms with Crippen molar-refractivity contribution in [3.8, 4) is 5.75 Å². The van der Waals surface area contributed by atoms with E-state index in [-0.39, 0.29) is 12.5 Å². The van der Waals surface area contributed by atoms with E-state index in [0.29, 0.717) is 22.7 Å². The first-order valence-corrected chi connectivity index (χ1v) is 8.63. The van der Waals surface area contributed by atoms with Crippen molar-refractivity contribution in [1.29, 1.82) is 0 Å². The second-order valence-electron chi connectivity index (χ2n) is 5.88. The number of rotatable bonds is 8. The van der Waals surface area contributed by atoms with Crippen molar-refractivity contribution in [3.05, 3.63) is 54.1 Å². The standard InChI is InChI=1S/C20H21N3O6/c1-13(24)22-15-4-3-5-16(10-15)23-18(25)12-29-19(26)11-21-20(27)14-6-8-17(28-2)9-7-14/h3-10H,11-12H2,1-2H3,(H,21,27)(H,22,24)(H,23,25). The first-order chi connectivity index (χ1) is 13.9. The van der Waals surface area contributed by atoms with E-state index in [9.17, 15) is 19.2 Å². The summed E-state index contributed by atoms with van der Waals surface area (Å²) in [6, 6.07) is 12.9. The highest BCUT2D eigenvalue weighted by molar-refractivity contribution is 5.97. The Kier molecular flexibility index (Phi) is 7.72. The van der Waals surface area contributed by atoms with Crippen molar-refractivity contribution >= 4 is 35.1 Å². The fourth-order valence-corrected chi connectivity index (χ4v) is 2.27. The van der Waals surface area contributed by atoms with Crippen LogP contribution < -0.4 is 20.7 Å². The molecule has 152 valence electrons. The molecule has 9 nitrogen and oxygen atoms in total. The SMILES string of the molecule is COc1ccc(C(=O)NCC(=O)OCC(=O)Nc2cccc(NC(C)=O)c2)cc1. The summed E-state index contributed by atoms with van der Waals surface area (Å²) in [7, 11) is 1.51. The minimum atomic E-state index is -0.756. The van der Waals surface area contributed by atoms with Gasteiger partial charge < -0.3 is 25.4 Å². The molecule has 3 amide bonds. The van der Waals surface area contributed by atoms with Gasteiger partial charge in [-0.3, -0.25) is 19.2 Å². The molecule has 0 unspecified atom stereocenters. The van der Waals surface area contributed by atoms with Crippen LogP contribution in [0.5, 0.6) is 5.75 Å². The Labute approximate surface area is 167 Å². The van der Waals surface area contributed by atoms with Gasteiger partial charge in [0.25, 0.3) is 11.8 Å². The van der Waals surface area contributed by atoms with E-state index in [1.54, 1.807) is 48.5 Å². The van der Waals surface area contributed by atoms with Crippen molar-refractivity contribution in [1.82, 2.24) is 5.32 Å². The molecule has 29 heavy (non-hydrogen) atoms. The quantitative estimate of drug-likeness (QED) is 0.579. The van der Waals surface area contributed by atoms with E-state index in [1.165, 1.54) is 14.0 Å². The number of methoxy groups -OCH3 is 1. The van der Waals surface area contributed by atoms with Gasteiger partial charge >= 0.3 is 5.97 Å². The summed E-state index contributed by atoms with van der Waals surface area (Å²) in [5.41, 5.74) is 1.31. The number of amides is 3. The van der Waals surface area contributed by atoms with Gasteiger partial charge in [0.05, 0.1) is 7.11 Å². The first-order valence-electron chi connectivity index (χ1n) is 8.63. The molecule has 0 saturated heterocycles. The van der Waals surface area contributed by atoms with Crippen LogP contribution in [0.2, 0.25) is 0 Å².